The van der Waals surface area contributed by atoms with Crippen LogP contribution in [0.25, 0.3) is 11.0 Å². The molecule has 222 valence electrons. The maximum atomic E-state index is 15.8. The summed E-state index contributed by atoms with van der Waals surface area (Å²) in [4.78, 5) is 48.4. The molecule has 11 nitrogen and oxygen atoms in total. The van der Waals surface area contributed by atoms with Crippen molar-refractivity contribution in [3.8, 4) is 11.6 Å². The zero-order valence-electron chi connectivity index (χ0n) is 23.3. The number of nitrogens with one attached hydrogen (secondary N) is 1. The third-order valence-corrected chi connectivity index (χ3v) is 8.23. The van der Waals surface area contributed by atoms with Crippen LogP contribution in [0.4, 0.5) is 13.6 Å². The quantitative estimate of drug-likeness (QED) is 0.567. The molecule has 2 bridgehead atoms. The number of hydrogen-bond acceptors (Lipinski definition) is 8. The van der Waals surface area contributed by atoms with Crippen LogP contribution < -0.4 is 20.5 Å². The molecule has 1 saturated carbocycles. The molecule has 1 aliphatic carbocycles. The van der Waals surface area contributed by atoms with Crippen molar-refractivity contribution in [3.05, 3.63) is 23.9 Å². The van der Waals surface area contributed by atoms with Gasteiger partial charge in [0.05, 0.1) is 24.7 Å². The van der Waals surface area contributed by atoms with Crippen LogP contribution in [0.2, 0.25) is 0 Å². The number of halogens is 2. The van der Waals surface area contributed by atoms with Crippen LogP contribution in [0.1, 0.15) is 58.1 Å². The Bertz CT molecular complexity index is 1340. The van der Waals surface area contributed by atoms with E-state index in [9.17, 15) is 14.4 Å². The number of benzene rings is 1. The highest BCUT2D eigenvalue weighted by Crippen LogP contribution is 2.42. The lowest BCUT2D eigenvalue weighted by Gasteiger charge is -2.27. The van der Waals surface area contributed by atoms with Crippen molar-refractivity contribution in [2.45, 2.75) is 82.6 Å². The van der Waals surface area contributed by atoms with Gasteiger partial charge in [-0.25, -0.2) is 14.8 Å². The van der Waals surface area contributed by atoms with Gasteiger partial charge in [-0.3, -0.25) is 9.59 Å². The number of fused-ring (bicyclic) bond motifs is 5. The van der Waals surface area contributed by atoms with Crippen molar-refractivity contribution in [3.63, 3.8) is 0 Å². The van der Waals surface area contributed by atoms with E-state index in [0.717, 1.165) is 0 Å². The highest BCUT2D eigenvalue weighted by molar-refractivity contribution is 5.91. The molecule has 2 fully saturated rings. The van der Waals surface area contributed by atoms with Gasteiger partial charge in [-0.05, 0) is 50.7 Å². The van der Waals surface area contributed by atoms with Crippen molar-refractivity contribution >= 4 is 28.9 Å². The van der Waals surface area contributed by atoms with Crippen LogP contribution in [0, 0.1) is 11.8 Å². The van der Waals surface area contributed by atoms with E-state index >= 15 is 8.78 Å². The number of carbonyl (C=O) groups excluding carboxylic acids is 3. The summed E-state index contributed by atoms with van der Waals surface area (Å²) in [5, 5.41) is 2.54. The minimum atomic E-state index is -3.37. The summed E-state index contributed by atoms with van der Waals surface area (Å²) in [5.41, 5.74) is 5.68. The molecule has 0 spiro atoms. The molecule has 0 unspecified atom stereocenters. The fraction of sp³-hybridized carbons (Fsp3) is 0.607. The average Bonchev–Trinajstić information content (AvgIpc) is 3.55. The second-order valence-corrected chi connectivity index (χ2v) is 11.1. The summed E-state index contributed by atoms with van der Waals surface area (Å²) >= 11 is 0. The van der Waals surface area contributed by atoms with E-state index in [-0.39, 0.29) is 36.4 Å². The molecule has 2 aliphatic heterocycles. The molecular weight excluding hydrogens is 540 g/mol. The number of hydrogen-bond donors (Lipinski definition) is 2. The maximum absolute atomic E-state index is 15.8. The van der Waals surface area contributed by atoms with Crippen LogP contribution in [-0.4, -0.2) is 70.7 Å². The van der Waals surface area contributed by atoms with Gasteiger partial charge in [-0.15, -0.1) is 0 Å². The first kappa shape index (κ1) is 28.7. The van der Waals surface area contributed by atoms with E-state index in [1.165, 1.54) is 18.9 Å². The Balaban J connectivity index is 1.56. The van der Waals surface area contributed by atoms with Gasteiger partial charge in [0.1, 0.15) is 30.0 Å². The van der Waals surface area contributed by atoms with Gasteiger partial charge in [-0.1, -0.05) is 13.3 Å². The lowest BCUT2D eigenvalue weighted by Crippen LogP contribution is -2.53. The number of amides is 3. The Labute approximate surface area is 236 Å². The highest BCUT2D eigenvalue weighted by Gasteiger charge is 2.50. The van der Waals surface area contributed by atoms with Crippen LogP contribution >= 0.6 is 0 Å². The molecule has 2 aromatic rings. The SMILES string of the molecule is CC[C@@H]1[C@@H]2CN(C(=O)[C@H](C)NC(=O)O[C@@H]3C[C@H]3CCCCC(F)(F)c3nc4ccc(OC)cc4nc3O2)[C@@H]1C(N)=O. The number of carbonyl (C=O) groups is 3. The van der Waals surface area contributed by atoms with Crippen molar-refractivity contribution < 1.29 is 37.4 Å². The number of nitrogens with zero attached hydrogens (tertiary/aromatic N) is 3. The third-order valence-electron chi connectivity index (χ3n) is 8.23. The normalized spacial score (nSPS) is 30.1. The van der Waals surface area contributed by atoms with E-state index in [2.05, 4.69) is 15.3 Å². The van der Waals surface area contributed by atoms with Crippen molar-refractivity contribution in [1.29, 1.82) is 0 Å². The summed E-state index contributed by atoms with van der Waals surface area (Å²) in [6.07, 6.45) is -0.0790. The Kier molecular flexibility index (Phi) is 7.89. The predicted octanol–water partition coefficient (Wildman–Crippen LogP) is 3.28. The lowest BCUT2D eigenvalue weighted by atomic mass is 9.94. The molecule has 41 heavy (non-hydrogen) atoms. The molecule has 1 aromatic heterocycles. The standard InChI is InChI=1S/C28H35F2N5O6/c1-4-17-21-13-35(22(17)24(31)36)26(37)14(2)32-27(38)41-20-11-15(20)7-5-6-10-28(29,30)23-25(40-21)34-19-12-16(39-3)8-9-18(19)33-23/h8-9,12,14-15,17,20-22H,4-7,10-11,13H2,1-3H3,(H2,31,36)(H,32,38)/t14-,15+,17+,20+,21-,22-/m0/s1. The molecular formula is C28H35F2N5O6. The van der Waals surface area contributed by atoms with Gasteiger partial charge in [0.25, 0.3) is 5.92 Å². The summed E-state index contributed by atoms with van der Waals surface area (Å²) in [7, 11) is 1.48. The first-order valence-corrected chi connectivity index (χ1v) is 14.0. The first-order chi connectivity index (χ1) is 19.5. The number of aromatic nitrogens is 2. The highest BCUT2D eigenvalue weighted by atomic mass is 19.3. The Morgan fingerprint density at radius 3 is 2.68 bits per heavy atom. The molecule has 3 heterocycles. The topological polar surface area (TPSA) is 146 Å². The third kappa shape index (κ3) is 5.84. The molecule has 3 amide bonds. The largest absolute Gasteiger partial charge is 0.497 e. The van der Waals surface area contributed by atoms with Gasteiger partial charge >= 0.3 is 6.09 Å². The van der Waals surface area contributed by atoms with Gasteiger partial charge < -0.3 is 30.2 Å². The minimum absolute atomic E-state index is 0.0810. The smallest absolute Gasteiger partial charge is 0.408 e. The number of alkyl carbamates (subject to hydrolysis) is 1. The fourth-order valence-electron chi connectivity index (χ4n) is 5.89. The molecule has 13 heteroatoms. The van der Waals surface area contributed by atoms with E-state index in [0.29, 0.717) is 36.9 Å². The maximum Gasteiger partial charge on any atom is 0.408 e. The molecule has 5 rings (SSSR count). The molecule has 6 atom stereocenters. The Morgan fingerprint density at radius 1 is 1.20 bits per heavy atom. The van der Waals surface area contributed by atoms with E-state index in [4.69, 9.17) is 19.9 Å². The summed E-state index contributed by atoms with van der Waals surface area (Å²) in [5.74, 6) is -5.13. The second kappa shape index (κ2) is 11.2. The summed E-state index contributed by atoms with van der Waals surface area (Å²) in [6.45, 7) is 3.15. The summed E-state index contributed by atoms with van der Waals surface area (Å²) < 4.78 is 48.4. The molecule has 3 N–H and O–H groups in total. The van der Waals surface area contributed by atoms with Crippen LogP contribution in [0.15, 0.2) is 18.2 Å². The predicted molar refractivity (Wildman–Crippen MR) is 142 cm³/mol. The van der Waals surface area contributed by atoms with Crippen LogP contribution in [-0.2, 0) is 20.2 Å². The van der Waals surface area contributed by atoms with Crippen molar-refractivity contribution in [2.24, 2.45) is 17.6 Å². The van der Waals surface area contributed by atoms with Crippen molar-refractivity contribution in [1.82, 2.24) is 20.2 Å². The average molecular weight is 576 g/mol. The lowest BCUT2D eigenvalue weighted by molar-refractivity contribution is -0.139. The summed E-state index contributed by atoms with van der Waals surface area (Å²) in [6, 6.07) is 2.64. The Hall–Kier alpha value is -3.77. The molecule has 1 saturated heterocycles. The first-order valence-electron chi connectivity index (χ1n) is 14.0. The van der Waals surface area contributed by atoms with Gasteiger partial charge in [0, 0.05) is 18.4 Å². The number of alkyl halides is 2. The number of methoxy groups -OCH3 is 1. The van der Waals surface area contributed by atoms with Crippen LogP contribution in [0.3, 0.4) is 0 Å². The fourth-order valence-corrected chi connectivity index (χ4v) is 5.89. The van der Waals surface area contributed by atoms with E-state index < -0.39 is 60.1 Å². The van der Waals surface area contributed by atoms with Crippen LogP contribution in [0.5, 0.6) is 11.6 Å². The molecule has 1 aromatic carbocycles. The Morgan fingerprint density at radius 2 is 1.98 bits per heavy atom. The van der Waals surface area contributed by atoms with Crippen molar-refractivity contribution in [2.75, 3.05) is 13.7 Å². The van der Waals surface area contributed by atoms with Gasteiger partial charge in [0.15, 0.2) is 5.69 Å². The number of primary amides is 1. The van der Waals surface area contributed by atoms with Gasteiger partial charge in [0.2, 0.25) is 17.7 Å². The zero-order chi connectivity index (χ0) is 29.5. The zero-order valence-corrected chi connectivity index (χ0v) is 23.3. The number of rotatable bonds is 3. The van der Waals surface area contributed by atoms with E-state index in [1.807, 2.05) is 0 Å². The monoisotopic (exact) mass is 575 g/mol. The molecule has 3 aliphatic rings. The van der Waals surface area contributed by atoms with Gasteiger partial charge in [-0.2, -0.15) is 8.78 Å². The number of ether oxygens (including phenoxy) is 3. The van der Waals surface area contributed by atoms with E-state index in [1.54, 1.807) is 25.1 Å². The molecule has 0 radical (unpaired) electrons. The minimum Gasteiger partial charge on any atom is -0.497 e. The number of nitrogens with two attached hydrogens (primary N) is 1. The second-order valence-electron chi connectivity index (χ2n) is 11.1.